The van der Waals surface area contributed by atoms with Gasteiger partial charge in [-0.05, 0) is 0 Å². The second-order valence-corrected chi connectivity index (χ2v) is 3.94. The molecule has 1 atom stereocenters. The van der Waals surface area contributed by atoms with Gasteiger partial charge >= 0.3 is 59.2 Å². The van der Waals surface area contributed by atoms with Gasteiger partial charge in [0, 0.05) is 0 Å². The van der Waals surface area contributed by atoms with Crippen LogP contribution in [0.15, 0.2) is 0 Å². The molecule has 0 saturated carbocycles. The van der Waals surface area contributed by atoms with E-state index in [2.05, 4.69) is 0 Å². The molecule has 0 aromatic heterocycles. The Labute approximate surface area is 145 Å². The normalized spacial score (nSPS) is 15.9. The van der Waals surface area contributed by atoms with E-state index >= 15 is 0 Å². The predicted molar refractivity (Wildman–Crippen MR) is 40.6 cm³/mol. The minimum atomic E-state index is -7.95. The number of hydrogen-bond acceptors (Lipinski definition) is 2. The molecule has 0 aliphatic rings. The fourth-order valence-electron chi connectivity index (χ4n) is 1.06. The summed E-state index contributed by atoms with van der Waals surface area (Å²) in [6, 6.07) is 0. The molecule has 2 nitrogen and oxygen atoms in total. The number of carboxylic acids is 1. The van der Waals surface area contributed by atoms with E-state index in [1.54, 1.807) is 0 Å². The van der Waals surface area contributed by atoms with Crippen LogP contribution in [0.3, 0.4) is 0 Å². The van der Waals surface area contributed by atoms with Gasteiger partial charge in [-0.3, -0.25) is 0 Å². The predicted octanol–water partition coefficient (Wildman–Crippen LogP) is -0.480. The molecule has 0 aliphatic heterocycles. The Bertz CT molecular complexity index is 463. The molecule has 0 aromatic rings. The number of hydrogen-bond donors (Lipinski definition) is 0. The van der Waals surface area contributed by atoms with Crippen LogP contribution >= 0.6 is 0 Å². The molecular formula is C8H2F13NaO2. The van der Waals surface area contributed by atoms with Crippen molar-refractivity contribution in [1.29, 1.82) is 0 Å². The van der Waals surface area contributed by atoms with Gasteiger partial charge in [0.25, 0.3) is 6.43 Å². The Morgan fingerprint density at radius 2 is 1.04 bits per heavy atom. The van der Waals surface area contributed by atoms with E-state index in [9.17, 15) is 67.0 Å². The minimum Gasteiger partial charge on any atom is -0.544 e. The molecule has 0 aromatic carbocycles. The van der Waals surface area contributed by atoms with E-state index in [0.717, 1.165) is 0 Å². The van der Waals surface area contributed by atoms with Gasteiger partial charge in [0.15, 0.2) is 0 Å². The minimum absolute atomic E-state index is 0. The van der Waals surface area contributed by atoms with Gasteiger partial charge in [-0.15, -0.1) is 0 Å². The quantitative estimate of drug-likeness (QED) is 0.428. The van der Waals surface area contributed by atoms with Crippen molar-refractivity contribution >= 4 is 5.97 Å². The van der Waals surface area contributed by atoms with Crippen LogP contribution in [-0.4, -0.2) is 48.2 Å². The van der Waals surface area contributed by atoms with Crippen LogP contribution < -0.4 is 34.7 Å². The SMILES string of the molecule is O=C([O-])C(F)(F)C(F)(F)C(F)(F)C(F)(F)C(F)(F)C(F)C(F)F.[Na+]. The van der Waals surface area contributed by atoms with Crippen LogP contribution in [-0.2, 0) is 4.79 Å². The van der Waals surface area contributed by atoms with Crippen molar-refractivity contribution in [3.8, 4) is 0 Å². The maximum Gasteiger partial charge on any atom is 1.00 e. The Hall–Kier alpha value is -0.440. The van der Waals surface area contributed by atoms with E-state index in [4.69, 9.17) is 0 Å². The monoisotopic (exact) mass is 400 g/mol. The Balaban J connectivity index is 0. The molecule has 0 bridgehead atoms. The van der Waals surface area contributed by atoms with Crippen molar-refractivity contribution in [2.45, 2.75) is 42.2 Å². The third-order valence-electron chi connectivity index (χ3n) is 2.43. The molecule has 0 saturated heterocycles. The van der Waals surface area contributed by atoms with Gasteiger partial charge in [-0.2, -0.15) is 43.9 Å². The number of halogens is 13. The fraction of sp³-hybridized carbons (Fsp3) is 0.875. The molecule has 0 spiro atoms. The molecule has 16 heteroatoms. The van der Waals surface area contributed by atoms with E-state index in [0.29, 0.717) is 0 Å². The standard InChI is InChI=1S/C8H3F13O2.Na/c9-1(2(10)11)4(12,13)6(16,17)8(20,21)7(18,19)5(14,15)3(22)23;/h1-2H,(H,22,23);/q;+1/p-1. The van der Waals surface area contributed by atoms with Crippen molar-refractivity contribution in [3.63, 3.8) is 0 Å². The number of carbonyl (C=O) groups excluding carboxylic acids is 1. The molecule has 0 rings (SSSR count). The largest absolute Gasteiger partial charge is 1.00 e. The van der Waals surface area contributed by atoms with Crippen LogP contribution in [0, 0.1) is 0 Å². The number of alkyl halides is 13. The summed E-state index contributed by atoms with van der Waals surface area (Å²) in [6.45, 7) is 0. The van der Waals surface area contributed by atoms with Gasteiger partial charge in [0.1, 0.15) is 5.97 Å². The summed E-state index contributed by atoms with van der Waals surface area (Å²) < 4.78 is 162. The van der Waals surface area contributed by atoms with Gasteiger partial charge in [0.2, 0.25) is 6.17 Å². The molecule has 138 valence electrons. The third kappa shape index (κ3) is 3.43. The maximum atomic E-state index is 12.8. The second-order valence-electron chi connectivity index (χ2n) is 3.94. The first-order valence-corrected chi connectivity index (χ1v) is 4.82. The van der Waals surface area contributed by atoms with Crippen LogP contribution in [0.1, 0.15) is 0 Å². The summed E-state index contributed by atoms with van der Waals surface area (Å²) >= 11 is 0. The molecule has 0 heterocycles. The number of rotatable bonds is 7. The molecule has 0 amide bonds. The third-order valence-corrected chi connectivity index (χ3v) is 2.43. The number of carbonyl (C=O) groups is 1. The summed E-state index contributed by atoms with van der Waals surface area (Å²) in [7, 11) is 0. The first-order valence-electron chi connectivity index (χ1n) is 4.82. The van der Waals surface area contributed by atoms with Crippen molar-refractivity contribution in [2.75, 3.05) is 0 Å². The zero-order chi connectivity index (χ0) is 19.2. The average Bonchev–Trinajstić information content (AvgIpc) is 2.36. The first-order chi connectivity index (χ1) is 9.80. The number of carboxylic acid groups (broad SMARTS) is 1. The Morgan fingerprint density at radius 3 is 1.29 bits per heavy atom. The van der Waals surface area contributed by atoms with Crippen molar-refractivity contribution < 1.29 is 96.5 Å². The van der Waals surface area contributed by atoms with E-state index < -0.39 is 48.2 Å². The molecule has 1 unspecified atom stereocenters. The number of aliphatic carboxylic acids is 1. The van der Waals surface area contributed by atoms with E-state index in [1.165, 1.54) is 0 Å². The Kier molecular flexibility index (Phi) is 7.58. The van der Waals surface area contributed by atoms with E-state index in [1.807, 2.05) is 0 Å². The zero-order valence-electron chi connectivity index (χ0n) is 10.9. The topological polar surface area (TPSA) is 40.1 Å². The Morgan fingerprint density at radius 1 is 0.708 bits per heavy atom. The van der Waals surface area contributed by atoms with Crippen LogP contribution in [0.25, 0.3) is 0 Å². The van der Waals surface area contributed by atoms with Crippen molar-refractivity contribution in [3.05, 3.63) is 0 Å². The van der Waals surface area contributed by atoms with Crippen molar-refractivity contribution in [1.82, 2.24) is 0 Å². The smallest absolute Gasteiger partial charge is 0.544 e. The average molecular weight is 400 g/mol. The van der Waals surface area contributed by atoms with Gasteiger partial charge in [-0.1, -0.05) is 0 Å². The summed E-state index contributed by atoms with van der Waals surface area (Å²) in [5, 5.41) is 9.63. The van der Waals surface area contributed by atoms with Gasteiger partial charge in [-0.25, -0.2) is 13.2 Å². The summed E-state index contributed by atoms with van der Waals surface area (Å²) in [4.78, 5) is 9.63. The zero-order valence-corrected chi connectivity index (χ0v) is 12.9. The molecule has 0 fully saturated rings. The molecular weight excluding hydrogens is 398 g/mol. The van der Waals surface area contributed by atoms with Crippen molar-refractivity contribution in [2.24, 2.45) is 0 Å². The van der Waals surface area contributed by atoms with E-state index in [-0.39, 0.29) is 29.6 Å². The summed E-state index contributed by atoms with van der Waals surface area (Å²) in [5.74, 6) is -42.2. The second kappa shape index (κ2) is 7.05. The fourth-order valence-corrected chi connectivity index (χ4v) is 1.06. The maximum absolute atomic E-state index is 12.8. The van der Waals surface area contributed by atoms with Gasteiger partial charge < -0.3 is 9.90 Å². The van der Waals surface area contributed by atoms with Crippen LogP contribution in [0.4, 0.5) is 57.1 Å². The molecule has 0 N–H and O–H groups in total. The van der Waals surface area contributed by atoms with Gasteiger partial charge in [0.05, 0.1) is 0 Å². The van der Waals surface area contributed by atoms with Crippen LogP contribution in [0.5, 0.6) is 0 Å². The summed E-state index contributed by atoms with van der Waals surface area (Å²) in [6.07, 6.45) is -10.5. The van der Waals surface area contributed by atoms with Crippen LogP contribution in [0.2, 0.25) is 0 Å². The molecule has 0 radical (unpaired) electrons. The first kappa shape index (κ1) is 25.8. The summed E-state index contributed by atoms with van der Waals surface area (Å²) in [5.41, 5.74) is 0. The molecule has 24 heavy (non-hydrogen) atoms. The molecule has 0 aliphatic carbocycles.